The number of hydrogen-bond acceptors (Lipinski definition) is 5. The monoisotopic (exact) mass is 410 g/mol. The lowest BCUT2D eigenvalue weighted by Crippen LogP contribution is -2.04. The summed E-state index contributed by atoms with van der Waals surface area (Å²) in [5.74, 6) is 0. The van der Waals surface area contributed by atoms with Crippen molar-refractivity contribution in [3.63, 3.8) is 0 Å². The summed E-state index contributed by atoms with van der Waals surface area (Å²) in [7, 11) is 0. The quantitative estimate of drug-likeness (QED) is 0.606. The van der Waals surface area contributed by atoms with Gasteiger partial charge >= 0.3 is 0 Å². The molecule has 0 aliphatic rings. The third-order valence-electron chi connectivity index (χ3n) is 2.66. The number of nitriles is 1. The zero-order valence-electron chi connectivity index (χ0n) is 10.5. The molecule has 0 bridgehead atoms. The van der Waals surface area contributed by atoms with Crippen LogP contribution in [0.1, 0.15) is 11.3 Å². The number of rotatable bonds is 4. The predicted octanol–water partition coefficient (Wildman–Crippen LogP) is 4.00. The molecule has 6 nitrogen and oxygen atoms in total. The number of benzene rings is 1. The number of nitrogens with zero attached hydrogens (tertiary/aromatic N) is 3. The van der Waals surface area contributed by atoms with E-state index in [-0.39, 0.29) is 11.3 Å². The largest absolute Gasteiger partial charge is 0.378 e. The van der Waals surface area contributed by atoms with Gasteiger partial charge < -0.3 is 5.32 Å². The Morgan fingerprint density at radius 2 is 2.14 bits per heavy atom. The van der Waals surface area contributed by atoms with Gasteiger partial charge in [-0.05, 0) is 44.0 Å². The van der Waals surface area contributed by atoms with Crippen LogP contribution in [0, 0.1) is 21.4 Å². The molecule has 0 saturated carbocycles. The second-order valence-corrected chi connectivity index (χ2v) is 5.80. The Balaban J connectivity index is 2.20. The number of non-ortho nitro benzene ring substituents is 1. The van der Waals surface area contributed by atoms with E-state index < -0.39 is 4.92 Å². The highest BCUT2D eigenvalue weighted by Gasteiger charge is 2.11. The molecule has 8 heteroatoms. The molecular weight excluding hydrogens is 404 g/mol. The van der Waals surface area contributed by atoms with Crippen LogP contribution < -0.4 is 5.32 Å². The molecule has 0 aliphatic heterocycles. The molecule has 0 unspecified atom stereocenters. The molecule has 0 aliphatic carbocycles. The van der Waals surface area contributed by atoms with Gasteiger partial charge in [0, 0.05) is 27.3 Å². The highest BCUT2D eigenvalue weighted by atomic mass is 79.9. The lowest BCUT2D eigenvalue weighted by Gasteiger charge is -2.09. The van der Waals surface area contributed by atoms with Crippen LogP contribution in [-0.4, -0.2) is 9.91 Å². The fraction of sp³-hybridized carbons (Fsp3) is 0.0769. The van der Waals surface area contributed by atoms with Crippen molar-refractivity contribution in [1.82, 2.24) is 4.98 Å². The molecule has 0 saturated heterocycles. The van der Waals surface area contributed by atoms with E-state index in [2.05, 4.69) is 42.2 Å². The van der Waals surface area contributed by atoms with Crippen molar-refractivity contribution < 1.29 is 4.92 Å². The van der Waals surface area contributed by atoms with Gasteiger partial charge in [0.05, 0.1) is 28.4 Å². The molecule has 1 heterocycles. The van der Waals surface area contributed by atoms with Gasteiger partial charge in [-0.2, -0.15) is 5.26 Å². The van der Waals surface area contributed by atoms with Crippen molar-refractivity contribution in [2.24, 2.45) is 0 Å². The molecular formula is C13H8Br2N4O2. The van der Waals surface area contributed by atoms with E-state index in [0.29, 0.717) is 12.2 Å². The molecule has 1 aromatic heterocycles. The first-order valence-electron chi connectivity index (χ1n) is 5.73. The summed E-state index contributed by atoms with van der Waals surface area (Å²) in [5, 5.41) is 22.8. The first-order chi connectivity index (χ1) is 10.0. The Morgan fingerprint density at radius 1 is 1.38 bits per heavy atom. The minimum Gasteiger partial charge on any atom is -0.378 e. The zero-order valence-corrected chi connectivity index (χ0v) is 13.7. The summed E-state index contributed by atoms with van der Waals surface area (Å²) >= 11 is 6.72. The number of aromatic nitrogens is 1. The molecule has 0 amide bonds. The summed E-state index contributed by atoms with van der Waals surface area (Å²) < 4.78 is 1.68. The number of halogens is 2. The maximum Gasteiger partial charge on any atom is 0.270 e. The lowest BCUT2D eigenvalue weighted by atomic mass is 10.1. The maximum atomic E-state index is 10.7. The van der Waals surface area contributed by atoms with Crippen molar-refractivity contribution in [2.45, 2.75) is 6.54 Å². The molecule has 1 aromatic carbocycles. The van der Waals surface area contributed by atoms with E-state index in [4.69, 9.17) is 5.26 Å². The van der Waals surface area contributed by atoms with Gasteiger partial charge in [-0.25, -0.2) is 0 Å². The van der Waals surface area contributed by atoms with E-state index in [1.165, 1.54) is 18.2 Å². The number of nitrogens with one attached hydrogen (secondary N) is 1. The second-order valence-electron chi connectivity index (χ2n) is 4.03. The van der Waals surface area contributed by atoms with Crippen LogP contribution in [0.2, 0.25) is 0 Å². The molecule has 21 heavy (non-hydrogen) atoms. The highest BCUT2D eigenvalue weighted by molar-refractivity contribution is 9.11. The summed E-state index contributed by atoms with van der Waals surface area (Å²) in [5.41, 5.74) is 1.40. The molecule has 0 spiro atoms. The third-order valence-corrected chi connectivity index (χ3v) is 3.78. The van der Waals surface area contributed by atoms with Crippen LogP contribution >= 0.6 is 31.9 Å². The van der Waals surface area contributed by atoms with Gasteiger partial charge in [-0.1, -0.05) is 0 Å². The molecule has 2 rings (SSSR count). The topological polar surface area (TPSA) is 91.8 Å². The second kappa shape index (κ2) is 6.65. The van der Waals surface area contributed by atoms with Crippen LogP contribution in [0.25, 0.3) is 0 Å². The first kappa shape index (κ1) is 15.4. The van der Waals surface area contributed by atoms with E-state index >= 15 is 0 Å². The number of pyridine rings is 1. The Hall–Kier alpha value is -1.98. The molecule has 0 fully saturated rings. The smallest absolute Gasteiger partial charge is 0.270 e. The first-order valence-corrected chi connectivity index (χ1v) is 7.32. The Labute approximate surface area is 137 Å². The van der Waals surface area contributed by atoms with E-state index in [0.717, 1.165) is 14.6 Å². The average molecular weight is 412 g/mol. The van der Waals surface area contributed by atoms with Crippen LogP contribution in [-0.2, 0) is 6.54 Å². The Kier molecular flexibility index (Phi) is 4.88. The van der Waals surface area contributed by atoms with Crippen LogP contribution in [0.3, 0.4) is 0 Å². The standard InChI is InChI=1S/C13H8Br2N4O2/c14-9-4-11(15)13(17-6-9)7-18-12-2-1-10(19(20)21)3-8(12)5-16/h1-4,6,18H,7H2. The molecule has 0 radical (unpaired) electrons. The fourth-order valence-corrected chi connectivity index (χ4v) is 2.77. The lowest BCUT2D eigenvalue weighted by molar-refractivity contribution is -0.384. The summed E-state index contributed by atoms with van der Waals surface area (Å²) in [6.07, 6.45) is 1.67. The van der Waals surface area contributed by atoms with Gasteiger partial charge in [-0.3, -0.25) is 15.1 Å². The van der Waals surface area contributed by atoms with E-state index in [1.807, 2.05) is 12.1 Å². The zero-order chi connectivity index (χ0) is 15.4. The van der Waals surface area contributed by atoms with Crippen molar-refractivity contribution in [1.29, 1.82) is 5.26 Å². The van der Waals surface area contributed by atoms with Gasteiger partial charge in [0.2, 0.25) is 0 Å². The maximum absolute atomic E-state index is 10.7. The Bertz CT molecular complexity index is 743. The van der Waals surface area contributed by atoms with E-state index in [1.54, 1.807) is 6.20 Å². The summed E-state index contributed by atoms with van der Waals surface area (Å²) in [6.45, 7) is 0.389. The van der Waals surface area contributed by atoms with Crippen molar-refractivity contribution in [2.75, 3.05) is 5.32 Å². The van der Waals surface area contributed by atoms with Crippen molar-refractivity contribution in [3.8, 4) is 6.07 Å². The number of nitro groups is 1. The predicted molar refractivity (Wildman–Crippen MR) is 84.8 cm³/mol. The Morgan fingerprint density at radius 3 is 2.76 bits per heavy atom. The minimum absolute atomic E-state index is 0.111. The van der Waals surface area contributed by atoms with Gasteiger partial charge in [0.1, 0.15) is 6.07 Å². The van der Waals surface area contributed by atoms with Gasteiger partial charge in [0.15, 0.2) is 0 Å². The number of hydrogen-bond donors (Lipinski definition) is 1. The highest BCUT2D eigenvalue weighted by Crippen LogP contribution is 2.24. The minimum atomic E-state index is -0.530. The SMILES string of the molecule is N#Cc1cc([N+](=O)[O-])ccc1NCc1ncc(Br)cc1Br. The van der Waals surface area contributed by atoms with Gasteiger partial charge in [0.25, 0.3) is 5.69 Å². The van der Waals surface area contributed by atoms with Crippen molar-refractivity contribution >= 4 is 43.2 Å². The van der Waals surface area contributed by atoms with Crippen molar-refractivity contribution in [3.05, 3.63) is 60.8 Å². The third kappa shape index (κ3) is 3.77. The molecule has 2 aromatic rings. The average Bonchev–Trinajstić information content (AvgIpc) is 2.46. The molecule has 106 valence electrons. The van der Waals surface area contributed by atoms with Gasteiger partial charge in [-0.15, -0.1) is 0 Å². The summed E-state index contributed by atoms with van der Waals surface area (Å²) in [4.78, 5) is 14.4. The fourth-order valence-electron chi connectivity index (χ4n) is 1.64. The van der Waals surface area contributed by atoms with Crippen LogP contribution in [0.4, 0.5) is 11.4 Å². The van der Waals surface area contributed by atoms with E-state index in [9.17, 15) is 10.1 Å². The molecule has 0 atom stereocenters. The van der Waals surface area contributed by atoms with Crippen LogP contribution in [0.15, 0.2) is 39.4 Å². The summed E-state index contributed by atoms with van der Waals surface area (Å²) in [6, 6.07) is 7.92. The normalized spacial score (nSPS) is 9.95. The van der Waals surface area contributed by atoms with Crippen LogP contribution in [0.5, 0.6) is 0 Å². The number of nitro benzene ring substituents is 1. The number of anilines is 1. The molecule has 1 N–H and O–H groups in total.